The molecule has 0 unspecified atom stereocenters. The van der Waals surface area contributed by atoms with Crippen molar-refractivity contribution in [1.82, 2.24) is 40.2 Å². The van der Waals surface area contributed by atoms with E-state index in [0.29, 0.717) is 49.1 Å². The van der Waals surface area contributed by atoms with Crippen molar-refractivity contribution in [3.63, 3.8) is 0 Å². The van der Waals surface area contributed by atoms with Crippen LogP contribution in [0.25, 0.3) is 11.1 Å². The molecule has 326 valence electrons. The lowest BCUT2D eigenvalue weighted by atomic mass is 10.00. The fourth-order valence-corrected chi connectivity index (χ4v) is 9.16. The minimum atomic E-state index is -3.63. The number of hydrogen-bond donors (Lipinski definition) is 3. The highest BCUT2D eigenvalue weighted by molar-refractivity contribution is 7.89. The zero-order chi connectivity index (χ0) is 43.4. The summed E-state index contributed by atoms with van der Waals surface area (Å²) in [5.41, 5.74) is 4.35. The number of carbonyl (C=O) groups excluding carboxylic acids is 3. The monoisotopic (exact) mass is 864 g/mol. The van der Waals surface area contributed by atoms with Crippen LogP contribution in [0.15, 0.2) is 81.1 Å². The second-order valence-corrected chi connectivity index (χ2v) is 18.7. The van der Waals surface area contributed by atoms with Crippen LogP contribution in [-0.4, -0.2) is 94.0 Å². The Morgan fingerprint density at radius 2 is 1.27 bits per heavy atom. The predicted octanol–water partition coefficient (Wildman–Crippen LogP) is 6.02. The first-order valence-electron chi connectivity index (χ1n) is 21.4. The van der Waals surface area contributed by atoms with Crippen LogP contribution in [0.3, 0.4) is 0 Å². The van der Waals surface area contributed by atoms with Crippen molar-refractivity contribution in [2.75, 3.05) is 36.4 Å². The van der Waals surface area contributed by atoms with E-state index < -0.39 is 10.0 Å². The van der Waals surface area contributed by atoms with Crippen molar-refractivity contribution in [1.29, 1.82) is 0 Å². The number of aromatic nitrogens is 5. The van der Waals surface area contributed by atoms with Crippen LogP contribution in [-0.2, 0) is 14.8 Å². The summed E-state index contributed by atoms with van der Waals surface area (Å²) in [7, 11) is -3.63. The number of carbonyl (C=O) groups is 3. The lowest BCUT2D eigenvalue weighted by Gasteiger charge is -2.32. The standard InChI is InChI=1S/C24H28N6O2.C20H24N4O5S/c1-15(2)22-19(16-5-9-25-10-6-16)14-26-24(28-22)30-11-7-18(8-12-30)27-23(31)20-13-21(32-29-20)17-3-4-17;1-13(25)21-15-4-6-17(7-5-15)30(27,28)24-10-8-16(9-11-24)22-20(26)18-12-19(29-23-18)14-2-3-14/h5-6,9-10,13-15,17-18H,3-4,7-8,11-12H2,1-2H3,(H,27,31);4-7,12,14,16H,2-3,8-11H2,1H3,(H,21,25)(H,22,26). The number of pyridine rings is 1. The molecule has 4 aromatic heterocycles. The third-order valence-corrected chi connectivity index (χ3v) is 13.5. The number of hydrogen-bond acceptors (Lipinski definition) is 13. The maximum atomic E-state index is 12.9. The molecule has 0 radical (unpaired) electrons. The van der Waals surface area contributed by atoms with Gasteiger partial charge < -0.3 is 29.9 Å². The predicted molar refractivity (Wildman–Crippen MR) is 229 cm³/mol. The Balaban J connectivity index is 0.000000171. The lowest BCUT2D eigenvalue weighted by molar-refractivity contribution is -0.114. The number of nitrogens with one attached hydrogen (secondary N) is 3. The maximum absolute atomic E-state index is 12.9. The molecule has 0 bridgehead atoms. The van der Waals surface area contributed by atoms with E-state index >= 15 is 0 Å². The third-order valence-electron chi connectivity index (χ3n) is 11.5. The molecule has 0 spiro atoms. The molecule has 1 aromatic carbocycles. The molecule has 17 nitrogen and oxygen atoms in total. The van der Waals surface area contributed by atoms with Gasteiger partial charge in [0.15, 0.2) is 11.4 Å². The van der Waals surface area contributed by atoms with Crippen molar-refractivity contribution in [2.45, 2.75) is 107 Å². The molecule has 9 rings (SSSR count). The van der Waals surface area contributed by atoms with Gasteiger partial charge in [0.2, 0.25) is 21.9 Å². The smallest absolute Gasteiger partial charge is 0.273 e. The second-order valence-electron chi connectivity index (χ2n) is 16.7. The second kappa shape index (κ2) is 18.5. The Morgan fingerprint density at radius 3 is 1.77 bits per heavy atom. The van der Waals surface area contributed by atoms with E-state index in [1.807, 2.05) is 18.3 Å². The van der Waals surface area contributed by atoms with E-state index in [1.54, 1.807) is 36.7 Å². The van der Waals surface area contributed by atoms with E-state index in [4.69, 9.17) is 14.0 Å². The largest absolute Gasteiger partial charge is 0.360 e. The Kier molecular flexibility index (Phi) is 12.8. The normalized spacial score (nSPS) is 17.6. The van der Waals surface area contributed by atoms with Gasteiger partial charge in [0.1, 0.15) is 11.5 Å². The zero-order valence-corrected chi connectivity index (χ0v) is 35.9. The molecule has 4 aliphatic rings. The Labute approximate surface area is 360 Å². The quantitative estimate of drug-likeness (QED) is 0.131. The average Bonchev–Trinajstić information content (AvgIpc) is 4.21. The molecule has 5 aromatic rings. The fourth-order valence-electron chi connectivity index (χ4n) is 7.69. The van der Waals surface area contributed by atoms with Gasteiger partial charge in [-0.2, -0.15) is 4.31 Å². The van der Waals surface area contributed by atoms with E-state index in [0.717, 1.165) is 85.9 Å². The number of rotatable bonds is 12. The molecule has 18 heteroatoms. The molecule has 0 atom stereocenters. The van der Waals surface area contributed by atoms with Crippen LogP contribution in [0.5, 0.6) is 0 Å². The summed E-state index contributed by atoms with van der Waals surface area (Å²) in [6.45, 7) is 7.91. The van der Waals surface area contributed by atoms with Crippen LogP contribution >= 0.6 is 0 Å². The van der Waals surface area contributed by atoms with Crippen LogP contribution in [0, 0.1) is 0 Å². The lowest BCUT2D eigenvalue weighted by Crippen LogP contribution is -2.46. The molecule has 6 heterocycles. The highest BCUT2D eigenvalue weighted by atomic mass is 32.2. The summed E-state index contributed by atoms with van der Waals surface area (Å²) < 4.78 is 37.7. The molecular weight excluding hydrogens is 813 g/mol. The molecule has 2 aliphatic heterocycles. The molecule has 2 aliphatic carbocycles. The Morgan fingerprint density at radius 1 is 0.742 bits per heavy atom. The van der Waals surface area contributed by atoms with Gasteiger partial charge in [0.05, 0.1) is 10.6 Å². The highest BCUT2D eigenvalue weighted by Crippen LogP contribution is 2.41. The van der Waals surface area contributed by atoms with Crippen LogP contribution in [0.1, 0.15) is 128 Å². The average molecular weight is 865 g/mol. The minimum absolute atomic E-state index is 0.112. The van der Waals surface area contributed by atoms with Gasteiger partial charge in [0, 0.05) is 99.0 Å². The Bertz CT molecular complexity index is 2470. The summed E-state index contributed by atoms with van der Waals surface area (Å²) >= 11 is 0. The van der Waals surface area contributed by atoms with Crippen LogP contribution < -0.4 is 20.9 Å². The minimum Gasteiger partial charge on any atom is -0.360 e. The first kappa shape index (κ1) is 42.7. The molecule has 2 saturated heterocycles. The summed E-state index contributed by atoms with van der Waals surface area (Å²) in [6.07, 6.45) is 12.6. The van der Waals surface area contributed by atoms with Crippen LogP contribution in [0.2, 0.25) is 0 Å². The van der Waals surface area contributed by atoms with Gasteiger partial charge in [-0.15, -0.1) is 0 Å². The van der Waals surface area contributed by atoms with E-state index in [-0.39, 0.29) is 46.3 Å². The van der Waals surface area contributed by atoms with Gasteiger partial charge in [-0.25, -0.2) is 18.4 Å². The number of benzene rings is 1. The van der Waals surface area contributed by atoms with Crippen molar-refractivity contribution < 1.29 is 31.8 Å². The van der Waals surface area contributed by atoms with Gasteiger partial charge in [0.25, 0.3) is 11.8 Å². The summed E-state index contributed by atoms with van der Waals surface area (Å²) in [6, 6.07) is 13.5. The SMILES string of the molecule is CC(=O)Nc1ccc(S(=O)(=O)N2CCC(NC(=O)c3cc(C4CC4)on3)CC2)cc1.CC(C)c1nc(N2CCC(NC(=O)c3cc(C4CC4)on3)CC2)ncc1-c1ccncc1. The maximum Gasteiger partial charge on any atom is 0.273 e. The number of nitrogens with zero attached hydrogens (tertiary/aromatic N) is 7. The third kappa shape index (κ3) is 10.4. The number of anilines is 2. The van der Waals surface area contributed by atoms with E-state index in [9.17, 15) is 22.8 Å². The summed E-state index contributed by atoms with van der Waals surface area (Å²) in [4.78, 5) is 52.1. The number of amides is 3. The van der Waals surface area contributed by atoms with E-state index in [1.165, 1.54) is 23.4 Å². The number of sulfonamides is 1. The molecule has 3 N–H and O–H groups in total. The van der Waals surface area contributed by atoms with Gasteiger partial charge in [-0.05, 0) is 99.2 Å². The van der Waals surface area contributed by atoms with E-state index in [2.05, 4.69) is 55.0 Å². The molecule has 62 heavy (non-hydrogen) atoms. The van der Waals surface area contributed by atoms with Crippen LogP contribution in [0.4, 0.5) is 11.6 Å². The molecule has 3 amide bonds. The summed E-state index contributed by atoms with van der Waals surface area (Å²) in [5, 5.41) is 16.4. The Hall–Kier alpha value is -6.01. The van der Waals surface area contributed by atoms with Crippen molar-refractivity contribution in [3.05, 3.63) is 95.7 Å². The van der Waals surface area contributed by atoms with Crippen molar-refractivity contribution in [3.8, 4) is 11.1 Å². The first-order valence-corrected chi connectivity index (χ1v) is 22.8. The molecule has 4 fully saturated rings. The van der Waals surface area contributed by atoms with Gasteiger partial charge in [-0.3, -0.25) is 19.4 Å². The fraction of sp³-hybridized carbons (Fsp3) is 0.455. The zero-order valence-electron chi connectivity index (χ0n) is 35.1. The molecule has 2 saturated carbocycles. The van der Waals surface area contributed by atoms with Crippen molar-refractivity contribution in [2.24, 2.45) is 0 Å². The summed E-state index contributed by atoms with van der Waals surface area (Å²) in [5.74, 6) is 2.79. The highest BCUT2D eigenvalue weighted by Gasteiger charge is 2.33. The van der Waals surface area contributed by atoms with Crippen molar-refractivity contribution >= 4 is 39.4 Å². The van der Waals surface area contributed by atoms with Gasteiger partial charge >= 0.3 is 0 Å². The number of piperidine rings is 2. The van der Waals surface area contributed by atoms with Gasteiger partial charge in [-0.1, -0.05) is 24.2 Å². The first-order chi connectivity index (χ1) is 29.9. The molecular formula is C44H52N10O7S. The topological polar surface area (TPSA) is 219 Å².